The van der Waals surface area contributed by atoms with E-state index in [1.807, 2.05) is 0 Å². The van der Waals surface area contributed by atoms with E-state index in [2.05, 4.69) is 15.3 Å². The number of anilines is 1. The van der Waals surface area contributed by atoms with Gasteiger partial charge < -0.3 is 10.4 Å². The van der Waals surface area contributed by atoms with Crippen LogP contribution >= 0.6 is 11.6 Å². The molecule has 2 N–H and O–H groups in total. The number of carbonyl (C=O) groups is 1. The Morgan fingerprint density at radius 1 is 1.37 bits per heavy atom. The average molecular weight is 278 g/mol. The quantitative estimate of drug-likeness (QED) is 0.898. The number of carboxylic acids is 1. The Balaban J connectivity index is 2.42. The first-order valence-corrected chi connectivity index (χ1v) is 5.94. The number of carboxylic acid groups (broad SMARTS) is 1. The summed E-state index contributed by atoms with van der Waals surface area (Å²) < 4.78 is 0. The Hall–Kier alpha value is -2.14. The first kappa shape index (κ1) is 13.3. The SMILES string of the molecule is CC(Nc1ccccc1Cl)(C(=O)O)c1cnccn1. The molecule has 98 valence electrons. The van der Waals surface area contributed by atoms with Crippen LogP contribution in [0.25, 0.3) is 0 Å². The minimum absolute atomic E-state index is 0.308. The summed E-state index contributed by atoms with van der Waals surface area (Å²) in [7, 11) is 0. The fourth-order valence-corrected chi connectivity index (χ4v) is 1.80. The molecule has 19 heavy (non-hydrogen) atoms. The van der Waals surface area contributed by atoms with E-state index in [0.717, 1.165) is 0 Å². The molecule has 0 radical (unpaired) electrons. The van der Waals surface area contributed by atoms with Crippen molar-refractivity contribution in [2.75, 3.05) is 5.32 Å². The molecule has 0 bridgehead atoms. The molecule has 0 aliphatic heterocycles. The molecule has 0 fully saturated rings. The number of hydrogen-bond acceptors (Lipinski definition) is 4. The molecule has 0 amide bonds. The average Bonchev–Trinajstić information content (AvgIpc) is 2.42. The van der Waals surface area contributed by atoms with Gasteiger partial charge >= 0.3 is 5.97 Å². The summed E-state index contributed by atoms with van der Waals surface area (Å²) in [4.78, 5) is 19.5. The van der Waals surface area contributed by atoms with Gasteiger partial charge in [-0.25, -0.2) is 4.79 Å². The molecule has 0 aliphatic carbocycles. The highest BCUT2D eigenvalue weighted by Gasteiger charge is 2.37. The Morgan fingerprint density at radius 2 is 2.11 bits per heavy atom. The summed E-state index contributed by atoms with van der Waals surface area (Å²) in [5, 5.41) is 12.8. The molecular weight excluding hydrogens is 266 g/mol. The molecule has 1 heterocycles. The van der Waals surface area contributed by atoms with Crippen molar-refractivity contribution in [3.63, 3.8) is 0 Å². The molecule has 5 nitrogen and oxygen atoms in total. The second-order valence-corrected chi connectivity index (χ2v) is 4.53. The molecule has 2 aromatic rings. The summed E-state index contributed by atoms with van der Waals surface area (Å²) in [6, 6.07) is 6.93. The van der Waals surface area contributed by atoms with E-state index in [0.29, 0.717) is 16.4 Å². The van der Waals surface area contributed by atoms with E-state index < -0.39 is 11.5 Å². The van der Waals surface area contributed by atoms with Crippen molar-refractivity contribution in [1.29, 1.82) is 0 Å². The maximum absolute atomic E-state index is 11.6. The minimum atomic E-state index is -1.40. The van der Waals surface area contributed by atoms with Gasteiger partial charge in [-0.3, -0.25) is 9.97 Å². The van der Waals surface area contributed by atoms with Crippen LogP contribution in [0, 0.1) is 0 Å². The Morgan fingerprint density at radius 3 is 2.68 bits per heavy atom. The smallest absolute Gasteiger partial charge is 0.335 e. The van der Waals surface area contributed by atoms with Crippen molar-refractivity contribution >= 4 is 23.3 Å². The molecule has 1 unspecified atom stereocenters. The van der Waals surface area contributed by atoms with Crippen molar-refractivity contribution in [2.24, 2.45) is 0 Å². The van der Waals surface area contributed by atoms with Crippen LogP contribution < -0.4 is 5.32 Å². The minimum Gasteiger partial charge on any atom is -0.479 e. The zero-order valence-electron chi connectivity index (χ0n) is 10.2. The number of aliphatic carboxylic acids is 1. The first-order valence-electron chi connectivity index (χ1n) is 5.56. The van der Waals surface area contributed by atoms with Gasteiger partial charge in [-0.15, -0.1) is 0 Å². The van der Waals surface area contributed by atoms with Gasteiger partial charge in [0.2, 0.25) is 0 Å². The lowest BCUT2D eigenvalue weighted by atomic mass is 9.98. The van der Waals surface area contributed by atoms with Crippen LogP contribution in [0.5, 0.6) is 0 Å². The molecule has 6 heteroatoms. The number of benzene rings is 1. The van der Waals surface area contributed by atoms with Gasteiger partial charge in [-0.05, 0) is 19.1 Å². The van der Waals surface area contributed by atoms with Crippen LogP contribution in [0.1, 0.15) is 12.6 Å². The molecule has 1 aromatic carbocycles. The summed E-state index contributed by atoms with van der Waals surface area (Å²) in [5.74, 6) is -1.06. The van der Waals surface area contributed by atoms with E-state index >= 15 is 0 Å². The van der Waals surface area contributed by atoms with E-state index in [4.69, 9.17) is 11.6 Å². The van der Waals surface area contributed by atoms with Crippen molar-refractivity contribution in [1.82, 2.24) is 9.97 Å². The number of rotatable bonds is 4. The number of para-hydroxylation sites is 1. The van der Waals surface area contributed by atoms with Gasteiger partial charge in [0, 0.05) is 12.4 Å². The normalized spacial score (nSPS) is 13.6. The van der Waals surface area contributed by atoms with Crippen LogP contribution in [-0.4, -0.2) is 21.0 Å². The van der Waals surface area contributed by atoms with Gasteiger partial charge in [-0.1, -0.05) is 23.7 Å². The molecular formula is C13H12ClN3O2. The molecule has 1 aromatic heterocycles. The molecule has 2 rings (SSSR count). The van der Waals surface area contributed by atoms with E-state index in [9.17, 15) is 9.90 Å². The number of halogens is 1. The fraction of sp³-hybridized carbons (Fsp3) is 0.154. The highest BCUT2D eigenvalue weighted by Crippen LogP contribution is 2.29. The predicted molar refractivity (Wildman–Crippen MR) is 72.1 cm³/mol. The first-order chi connectivity index (χ1) is 9.04. The molecule has 0 saturated carbocycles. The second kappa shape index (κ2) is 5.24. The Labute approximate surface area is 115 Å². The van der Waals surface area contributed by atoms with Gasteiger partial charge in [0.25, 0.3) is 0 Å². The van der Waals surface area contributed by atoms with Crippen molar-refractivity contribution in [2.45, 2.75) is 12.5 Å². The third-order valence-electron chi connectivity index (χ3n) is 2.76. The summed E-state index contributed by atoms with van der Waals surface area (Å²) in [6.07, 6.45) is 4.35. The zero-order chi connectivity index (χ0) is 13.9. The summed E-state index contributed by atoms with van der Waals surface area (Å²) in [5.41, 5.74) is -0.568. The third kappa shape index (κ3) is 2.66. The van der Waals surface area contributed by atoms with Crippen LogP contribution in [0.4, 0.5) is 5.69 Å². The van der Waals surface area contributed by atoms with Crippen LogP contribution in [-0.2, 0) is 10.3 Å². The predicted octanol–water partition coefficient (Wildman–Crippen LogP) is 2.54. The molecule has 0 spiro atoms. The standard InChI is InChI=1S/C13H12ClN3O2/c1-13(12(18)19,11-8-15-6-7-16-11)17-10-5-3-2-4-9(10)14/h2-8,17H,1H3,(H,18,19). The van der Waals surface area contributed by atoms with Gasteiger partial charge in [0.05, 0.1) is 22.6 Å². The van der Waals surface area contributed by atoms with E-state index in [1.54, 1.807) is 24.3 Å². The summed E-state index contributed by atoms with van der Waals surface area (Å²) >= 11 is 6.03. The van der Waals surface area contributed by atoms with Crippen molar-refractivity contribution in [3.8, 4) is 0 Å². The highest BCUT2D eigenvalue weighted by molar-refractivity contribution is 6.33. The maximum Gasteiger partial charge on any atom is 0.335 e. The van der Waals surface area contributed by atoms with Crippen molar-refractivity contribution in [3.05, 3.63) is 53.6 Å². The van der Waals surface area contributed by atoms with Gasteiger partial charge in [0.15, 0.2) is 5.54 Å². The Bertz CT molecular complexity index is 591. The lowest BCUT2D eigenvalue weighted by molar-refractivity contribution is -0.142. The highest BCUT2D eigenvalue weighted by atomic mass is 35.5. The lowest BCUT2D eigenvalue weighted by Gasteiger charge is -2.26. The molecule has 1 atom stereocenters. The van der Waals surface area contributed by atoms with Gasteiger partial charge in [0.1, 0.15) is 0 Å². The molecule has 0 aliphatic rings. The monoisotopic (exact) mass is 277 g/mol. The third-order valence-corrected chi connectivity index (χ3v) is 3.09. The fourth-order valence-electron chi connectivity index (χ4n) is 1.62. The van der Waals surface area contributed by atoms with Crippen LogP contribution in [0.2, 0.25) is 5.02 Å². The molecule has 0 saturated heterocycles. The van der Waals surface area contributed by atoms with Crippen molar-refractivity contribution < 1.29 is 9.90 Å². The Kier molecular flexibility index (Phi) is 3.66. The van der Waals surface area contributed by atoms with Crippen LogP contribution in [0.3, 0.4) is 0 Å². The van der Waals surface area contributed by atoms with E-state index in [1.165, 1.54) is 25.5 Å². The lowest BCUT2D eigenvalue weighted by Crippen LogP contribution is -2.41. The number of hydrogen-bond donors (Lipinski definition) is 2. The number of nitrogens with one attached hydrogen (secondary N) is 1. The van der Waals surface area contributed by atoms with Gasteiger partial charge in [-0.2, -0.15) is 0 Å². The van der Waals surface area contributed by atoms with E-state index in [-0.39, 0.29) is 0 Å². The number of nitrogens with zero attached hydrogens (tertiary/aromatic N) is 2. The van der Waals surface area contributed by atoms with Crippen LogP contribution in [0.15, 0.2) is 42.9 Å². The zero-order valence-corrected chi connectivity index (χ0v) is 10.9. The topological polar surface area (TPSA) is 75.1 Å². The second-order valence-electron chi connectivity index (χ2n) is 4.13. The largest absolute Gasteiger partial charge is 0.479 e. The number of aromatic nitrogens is 2. The summed E-state index contributed by atoms with van der Waals surface area (Å²) in [6.45, 7) is 1.52. The maximum atomic E-state index is 11.6.